The number of hydrogen-bond donors (Lipinski definition) is 1. The predicted octanol–water partition coefficient (Wildman–Crippen LogP) is 2.80. The molecule has 1 aliphatic rings. The summed E-state index contributed by atoms with van der Waals surface area (Å²) >= 11 is 1.38. The minimum Gasteiger partial charge on any atom is -0.461 e. The second kappa shape index (κ2) is 10.6. The van der Waals surface area contributed by atoms with Crippen molar-refractivity contribution in [1.82, 2.24) is 25.0 Å². The Balaban J connectivity index is 1.28. The van der Waals surface area contributed by atoms with E-state index in [1.807, 2.05) is 35.8 Å². The van der Waals surface area contributed by atoms with Crippen molar-refractivity contribution in [3.05, 3.63) is 53.8 Å². The van der Waals surface area contributed by atoms with E-state index in [1.165, 1.54) is 17.3 Å². The Hall–Kier alpha value is -2.62. The fourth-order valence-corrected chi connectivity index (χ4v) is 4.34. The number of amides is 1. The van der Waals surface area contributed by atoms with Crippen molar-refractivity contribution in [2.75, 3.05) is 32.1 Å². The van der Waals surface area contributed by atoms with Gasteiger partial charge in [-0.15, -0.1) is 10.2 Å². The lowest BCUT2D eigenvalue weighted by atomic mass is 10.1. The number of furan rings is 1. The summed E-state index contributed by atoms with van der Waals surface area (Å²) in [5.41, 5.74) is 2.35. The zero-order valence-electron chi connectivity index (χ0n) is 17.6. The van der Waals surface area contributed by atoms with Crippen molar-refractivity contribution in [3.63, 3.8) is 0 Å². The molecule has 1 N–H and O–H groups in total. The fourth-order valence-electron chi connectivity index (χ4n) is 3.51. The van der Waals surface area contributed by atoms with Crippen LogP contribution in [0.4, 0.5) is 0 Å². The quantitative estimate of drug-likeness (QED) is 0.511. The summed E-state index contributed by atoms with van der Waals surface area (Å²) in [6, 6.07) is 12.0. The first-order valence-corrected chi connectivity index (χ1v) is 11.5. The fraction of sp³-hybridized carbons (Fsp3) is 0.409. The minimum absolute atomic E-state index is 0.0335. The highest BCUT2D eigenvalue weighted by Crippen LogP contribution is 2.24. The van der Waals surface area contributed by atoms with E-state index in [9.17, 15) is 4.79 Å². The number of aromatic nitrogens is 3. The van der Waals surface area contributed by atoms with Crippen molar-refractivity contribution < 1.29 is 13.9 Å². The molecule has 1 aliphatic heterocycles. The number of nitrogens with zero attached hydrogens (tertiary/aromatic N) is 4. The average molecular weight is 442 g/mol. The molecule has 2 aromatic heterocycles. The molecule has 0 atom stereocenters. The van der Waals surface area contributed by atoms with Gasteiger partial charge >= 0.3 is 0 Å². The number of thioether (sulfide) groups is 1. The average Bonchev–Trinajstić information content (AvgIpc) is 3.46. The molecule has 1 amide bonds. The van der Waals surface area contributed by atoms with E-state index < -0.39 is 0 Å². The molecule has 8 nitrogen and oxygen atoms in total. The number of ether oxygens (including phenoxy) is 1. The Bertz CT molecular complexity index is 983. The van der Waals surface area contributed by atoms with Gasteiger partial charge in [0.1, 0.15) is 0 Å². The first-order valence-electron chi connectivity index (χ1n) is 10.5. The van der Waals surface area contributed by atoms with Gasteiger partial charge in [-0.25, -0.2) is 0 Å². The van der Waals surface area contributed by atoms with Crippen LogP contribution in [0, 0.1) is 0 Å². The van der Waals surface area contributed by atoms with Gasteiger partial charge in [-0.3, -0.25) is 14.3 Å². The molecule has 164 valence electrons. The van der Waals surface area contributed by atoms with E-state index in [0.29, 0.717) is 29.8 Å². The highest BCUT2D eigenvalue weighted by atomic mass is 32.2. The molecule has 0 bridgehead atoms. The Labute approximate surface area is 186 Å². The molecule has 1 fully saturated rings. The molecule has 0 unspecified atom stereocenters. The topological polar surface area (TPSA) is 85.4 Å². The van der Waals surface area contributed by atoms with Gasteiger partial charge in [0.05, 0.1) is 25.2 Å². The molecule has 4 rings (SSSR count). The standard InChI is InChI=1S/C22H27N5O3S/c1-2-27-21(19-7-4-10-30-19)24-25-22(27)31-16-20(28)23-14-17-5-3-6-18(13-17)15-26-8-11-29-12-9-26/h3-7,10,13H,2,8-9,11-12,14-16H2,1H3,(H,23,28). The lowest BCUT2D eigenvalue weighted by Gasteiger charge is -2.26. The summed E-state index contributed by atoms with van der Waals surface area (Å²) in [7, 11) is 0. The zero-order valence-corrected chi connectivity index (χ0v) is 18.4. The molecule has 0 radical (unpaired) electrons. The van der Waals surface area contributed by atoms with Crippen LogP contribution in [0.5, 0.6) is 0 Å². The van der Waals surface area contributed by atoms with Crippen LogP contribution >= 0.6 is 11.8 Å². The normalized spacial score (nSPS) is 14.6. The minimum atomic E-state index is -0.0335. The summed E-state index contributed by atoms with van der Waals surface area (Å²) in [4.78, 5) is 14.8. The molecule has 9 heteroatoms. The molecule has 31 heavy (non-hydrogen) atoms. The molecule has 0 aliphatic carbocycles. The van der Waals surface area contributed by atoms with E-state index in [-0.39, 0.29) is 11.7 Å². The maximum Gasteiger partial charge on any atom is 0.230 e. The number of hydrogen-bond acceptors (Lipinski definition) is 7. The van der Waals surface area contributed by atoms with Crippen molar-refractivity contribution in [3.8, 4) is 11.6 Å². The molecular weight excluding hydrogens is 414 g/mol. The van der Waals surface area contributed by atoms with Gasteiger partial charge in [-0.05, 0) is 30.2 Å². The second-order valence-electron chi connectivity index (χ2n) is 7.30. The number of carbonyl (C=O) groups is 1. The predicted molar refractivity (Wildman–Crippen MR) is 119 cm³/mol. The monoisotopic (exact) mass is 441 g/mol. The van der Waals surface area contributed by atoms with E-state index in [2.05, 4.69) is 32.5 Å². The number of carbonyl (C=O) groups excluding carboxylic acids is 1. The van der Waals surface area contributed by atoms with Crippen LogP contribution in [0.15, 0.2) is 52.2 Å². The van der Waals surface area contributed by atoms with E-state index in [0.717, 1.165) is 38.4 Å². The molecule has 3 heterocycles. The first kappa shape index (κ1) is 21.6. The number of nitrogens with one attached hydrogen (secondary N) is 1. The summed E-state index contributed by atoms with van der Waals surface area (Å²) in [5, 5.41) is 12.1. The SMILES string of the molecule is CCn1c(SCC(=O)NCc2cccc(CN3CCOCC3)c2)nnc1-c1ccco1. The number of rotatable bonds is 9. The smallest absolute Gasteiger partial charge is 0.230 e. The highest BCUT2D eigenvalue weighted by molar-refractivity contribution is 7.99. The van der Waals surface area contributed by atoms with Crippen LogP contribution in [0.2, 0.25) is 0 Å². The third-order valence-electron chi connectivity index (χ3n) is 5.10. The van der Waals surface area contributed by atoms with Gasteiger partial charge in [0, 0.05) is 32.7 Å². The summed E-state index contributed by atoms with van der Waals surface area (Å²) in [6.07, 6.45) is 1.61. The van der Waals surface area contributed by atoms with Gasteiger partial charge in [0.25, 0.3) is 0 Å². The van der Waals surface area contributed by atoms with Crippen LogP contribution in [0.1, 0.15) is 18.1 Å². The zero-order chi connectivity index (χ0) is 21.5. The summed E-state index contributed by atoms with van der Waals surface area (Å²) < 4.78 is 12.8. The van der Waals surface area contributed by atoms with E-state index in [4.69, 9.17) is 9.15 Å². The molecule has 1 aromatic carbocycles. The lowest BCUT2D eigenvalue weighted by Crippen LogP contribution is -2.35. The summed E-state index contributed by atoms with van der Waals surface area (Å²) in [5.74, 6) is 1.59. The Kier molecular flexibility index (Phi) is 7.39. The molecule has 0 saturated carbocycles. The largest absolute Gasteiger partial charge is 0.461 e. The van der Waals surface area contributed by atoms with E-state index >= 15 is 0 Å². The van der Waals surface area contributed by atoms with E-state index in [1.54, 1.807) is 6.26 Å². The van der Waals surface area contributed by atoms with Gasteiger partial charge < -0.3 is 14.5 Å². The van der Waals surface area contributed by atoms with Crippen molar-refractivity contribution in [2.24, 2.45) is 0 Å². The Morgan fingerprint density at radius 1 is 1.16 bits per heavy atom. The third kappa shape index (κ3) is 5.75. The Morgan fingerprint density at radius 3 is 2.77 bits per heavy atom. The molecule has 1 saturated heterocycles. The summed E-state index contributed by atoms with van der Waals surface area (Å²) in [6.45, 7) is 7.64. The van der Waals surface area contributed by atoms with Crippen LogP contribution in [0.25, 0.3) is 11.6 Å². The van der Waals surface area contributed by atoms with Gasteiger partial charge in [-0.1, -0.05) is 36.0 Å². The Morgan fingerprint density at radius 2 is 2.00 bits per heavy atom. The van der Waals surface area contributed by atoms with Crippen LogP contribution < -0.4 is 5.32 Å². The number of morpholine rings is 1. The molecule has 3 aromatic rings. The van der Waals surface area contributed by atoms with Gasteiger partial charge in [0.15, 0.2) is 16.7 Å². The highest BCUT2D eigenvalue weighted by Gasteiger charge is 2.16. The third-order valence-corrected chi connectivity index (χ3v) is 6.06. The van der Waals surface area contributed by atoms with Gasteiger partial charge in [-0.2, -0.15) is 0 Å². The van der Waals surface area contributed by atoms with Crippen molar-refractivity contribution in [2.45, 2.75) is 31.7 Å². The van der Waals surface area contributed by atoms with Crippen LogP contribution in [0.3, 0.4) is 0 Å². The molecule has 0 spiro atoms. The maximum absolute atomic E-state index is 12.4. The molecular formula is C22H27N5O3S. The van der Waals surface area contributed by atoms with Crippen molar-refractivity contribution >= 4 is 17.7 Å². The maximum atomic E-state index is 12.4. The lowest BCUT2D eigenvalue weighted by molar-refractivity contribution is -0.118. The van der Waals surface area contributed by atoms with Crippen molar-refractivity contribution in [1.29, 1.82) is 0 Å². The number of benzene rings is 1. The first-order chi connectivity index (χ1) is 15.2. The van der Waals surface area contributed by atoms with Crippen LogP contribution in [-0.4, -0.2) is 57.6 Å². The second-order valence-corrected chi connectivity index (χ2v) is 8.24. The van der Waals surface area contributed by atoms with Crippen LogP contribution in [-0.2, 0) is 29.2 Å². The van der Waals surface area contributed by atoms with Gasteiger partial charge in [0.2, 0.25) is 5.91 Å².